The molecule has 0 saturated carbocycles. The van der Waals surface area contributed by atoms with E-state index in [2.05, 4.69) is 148 Å². The lowest BCUT2D eigenvalue weighted by Crippen LogP contribution is -2.65. The van der Waals surface area contributed by atoms with Gasteiger partial charge in [-0.2, -0.15) is 0 Å². The number of benzene rings is 2. The van der Waals surface area contributed by atoms with E-state index in [0.717, 1.165) is 0 Å². The molecule has 0 heterocycles. The molecular formula is C39H70Si4. The third kappa shape index (κ3) is 8.18. The van der Waals surface area contributed by atoms with Crippen LogP contribution in [0, 0.1) is 0 Å². The van der Waals surface area contributed by atoms with Gasteiger partial charge >= 0.3 is 0 Å². The van der Waals surface area contributed by atoms with Crippen molar-refractivity contribution in [2.24, 2.45) is 0 Å². The van der Waals surface area contributed by atoms with Crippen molar-refractivity contribution < 1.29 is 0 Å². The lowest BCUT2D eigenvalue weighted by Gasteiger charge is -2.41. The quantitative estimate of drug-likeness (QED) is 0.189. The van der Waals surface area contributed by atoms with Crippen LogP contribution >= 0.6 is 0 Å². The summed E-state index contributed by atoms with van der Waals surface area (Å²) in [5, 5.41) is 3.85. The van der Waals surface area contributed by atoms with Gasteiger partial charge in [0, 0.05) is 14.8 Å². The molecule has 0 nitrogen and oxygen atoms in total. The normalized spacial score (nSPS) is 13.9. The molecule has 4 heteroatoms. The summed E-state index contributed by atoms with van der Waals surface area (Å²) in [4.78, 5) is 0. The summed E-state index contributed by atoms with van der Waals surface area (Å²) in [5.74, 6) is 3.37. The van der Waals surface area contributed by atoms with E-state index in [0.29, 0.717) is 35.5 Å². The van der Waals surface area contributed by atoms with Gasteiger partial charge in [-0.05, 0) is 79.3 Å². The van der Waals surface area contributed by atoms with Crippen LogP contribution in [0.25, 0.3) is 0 Å². The molecule has 0 amide bonds. The third-order valence-corrected chi connectivity index (χ3v) is 53.2. The van der Waals surface area contributed by atoms with Crippen LogP contribution in [0.4, 0.5) is 0 Å². The Hall–Kier alpha value is -0.692. The first-order chi connectivity index (χ1) is 19.8. The maximum Gasteiger partial charge on any atom is 0.0643 e. The predicted molar refractivity (Wildman–Crippen MR) is 209 cm³/mol. The fourth-order valence-corrected chi connectivity index (χ4v) is 67.2. The molecule has 0 N–H and O–H groups in total. The van der Waals surface area contributed by atoms with Crippen LogP contribution in [0.3, 0.4) is 0 Å². The van der Waals surface area contributed by atoms with Gasteiger partial charge in [0.15, 0.2) is 0 Å². The van der Waals surface area contributed by atoms with E-state index in [9.17, 15) is 0 Å². The molecule has 0 saturated heterocycles. The van der Waals surface area contributed by atoms with Crippen LogP contribution in [0.1, 0.15) is 173 Å². The highest BCUT2D eigenvalue weighted by atomic mass is 29.6. The van der Waals surface area contributed by atoms with Gasteiger partial charge in [0.1, 0.15) is 0 Å². The largest absolute Gasteiger partial charge is 0.0691 e. The van der Waals surface area contributed by atoms with Gasteiger partial charge in [0.25, 0.3) is 0 Å². The topological polar surface area (TPSA) is 0 Å². The van der Waals surface area contributed by atoms with Gasteiger partial charge in [-0.1, -0.05) is 166 Å². The van der Waals surface area contributed by atoms with Crippen LogP contribution in [0.5, 0.6) is 0 Å². The lowest BCUT2D eigenvalue weighted by molar-refractivity contribution is 0.812. The van der Waals surface area contributed by atoms with Crippen molar-refractivity contribution in [3.05, 3.63) is 57.6 Å². The minimum absolute atomic E-state index is 0.559. The highest BCUT2D eigenvalue weighted by Crippen LogP contribution is 2.32. The molecule has 0 aromatic heterocycles. The molecule has 2 aromatic rings. The molecular weight excluding hydrogens is 581 g/mol. The highest BCUT2D eigenvalue weighted by molar-refractivity contribution is 7.60. The van der Waals surface area contributed by atoms with Gasteiger partial charge in [0.05, 0.1) is 15.2 Å². The van der Waals surface area contributed by atoms with Crippen molar-refractivity contribution in [3.63, 3.8) is 0 Å². The predicted octanol–water partition coefficient (Wildman–Crippen LogP) is 11.6. The molecule has 0 atom stereocenters. The molecule has 0 fully saturated rings. The zero-order chi connectivity index (χ0) is 33.2. The Balaban J connectivity index is 3.59. The van der Waals surface area contributed by atoms with Crippen LogP contribution in [-0.4, -0.2) is 30.0 Å². The van der Waals surface area contributed by atoms with E-state index < -0.39 is 30.0 Å². The lowest BCUT2D eigenvalue weighted by atomic mass is 9.89. The van der Waals surface area contributed by atoms with Gasteiger partial charge in [-0.25, -0.2) is 0 Å². The van der Waals surface area contributed by atoms with Gasteiger partial charge in [-0.15, -0.1) is 0 Å². The molecule has 2 aromatic carbocycles. The Labute approximate surface area is 274 Å². The highest BCUT2D eigenvalue weighted by Gasteiger charge is 2.42. The molecule has 0 aliphatic heterocycles. The third-order valence-electron chi connectivity index (χ3n) is 10.3. The Morgan fingerprint density at radius 1 is 0.442 bits per heavy atom. The summed E-state index contributed by atoms with van der Waals surface area (Å²) in [7, 11) is -4.91. The van der Waals surface area contributed by atoms with E-state index in [1.165, 1.54) is 18.1 Å². The summed E-state index contributed by atoms with van der Waals surface area (Å²) < 4.78 is 0. The summed E-state index contributed by atoms with van der Waals surface area (Å²) in [6.07, 6.45) is 0. The van der Waals surface area contributed by atoms with Gasteiger partial charge < -0.3 is 0 Å². The average Bonchev–Trinajstić information content (AvgIpc) is 2.91. The minimum Gasteiger partial charge on any atom is -0.0691 e. The minimum atomic E-state index is -1.61. The molecule has 0 bridgehead atoms. The molecule has 242 valence electrons. The molecule has 0 unspecified atom stereocenters. The Morgan fingerprint density at radius 2 is 0.698 bits per heavy atom. The Kier molecular flexibility index (Phi) is 13.7. The summed E-state index contributed by atoms with van der Waals surface area (Å²) in [6.45, 7) is 45.7. The fourth-order valence-electron chi connectivity index (χ4n) is 7.30. The van der Waals surface area contributed by atoms with Gasteiger partial charge in [0.2, 0.25) is 0 Å². The van der Waals surface area contributed by atoms with Crippen molar-refractivity contribution in [2.45, 2.75) is 177 Å². The van der Waals surface area contributed by atoms with Crippen molar-refractivity contribution >= 4 is 40.4 Å². The maximum atomic E-state index is 2.78. The molecule has 2 rings (SSSR count). The first-order valence-corrected chi connectivity index (χ1v) is 30.0. The van der Waals surface area contributed by atoms with Crippen LogP contribution in [-0.2, 0) is 0 Å². The van der Waals surface area contributed by atoms with Crippen molar-refractivity contribution in [3.8, 4) is 0 Å². The number of rotatable bonds is 13. The standard InChI is InChI=1S/C39H70Si4/c1-19-43(20-2,21-3)41(39-36(30(12)13)24-33(27(6)7)25-37(39)31(14)15)40(42(16,17)18)38-34(28(8)9)22-32(26(4)5)23-35(38)29(10)11/h22-31H,19-21H2,1-18H3/b41-40+. The van der Waals surface area contributed by atoms with Crippen molar-refractivity contribution in [1.29, 1.82) is 0 Å². The molecule has 43 heavy (non-hydrogen) atoms. The average molecular weight is 651 g/mol. The summed E-state index contributed by atoms with van der Waals surface area (Å²) in [6, 6.07) is 15.1. The molecule has 0 aliphatic rings. The van der Waals surface area contributed by atoms with Crippen molar-refractivity contribution in [2.75, 3.05) is 0 Å². The first-order valence-electron chi connectivity index (χ1n) is 17.9. The number of hydrogen-bond donors (Lipinski definition) is 0. The second kappa shape index (κ2) is 15.3. The smallest absolute Gasteiger partial charge is 0.0643 e. The Morgan fingerprint density at radius 3 is 0.884 bits per heavy atom. The van der Waals surface area contributed by atoms with Crippen molar-refractivity contribution in [1.82, 2.24) is 0 Å². The van der Waals surface area contributed by atoms with E-state index in [4.69, 9.17) is 0 Å². The maximum absolute atomic E-state index is 2.78. The van der Waals surface area contributed by atoms with Gasteiger partial charge in [-0.3, -0.25) is 0 Å². The zero-order valence-electron chi connectivity index (χ0n) is 31.9. The SMILES string of the molecule is CC[Si](CC)(CC)/[Si](c1c(C(C)C)cc(C(C)C)cc1C(C)C)=[Si](\c1c(C(C)C)cc(C(C)C)cc1C(C)C)[Si](C)(C)C. The monoisotopic (exact) mass is 650 g/mol. The molecule has 0 spiro atoms. The summed E-state index contributed by atoms with van der Waals surface area (Å²) >= 11 is 0. The second-order valence-corrected chi connectivity index (χ2v) is 44.8. The van der Waals surface area contributed by atoms with E-state index in [1.807, 2.05) is 10.4 Å². The Bertz CT molecular complexity index is 1200. The zero-order valence-corrected chi connectivity index (χ0v) is 35.9. The molecule has 0 aliphatic carbocycles. The second-order valence-electron chi connectivity index (χ2n) is 16.4. The van der Waals surface area contributed by atoms with E-state index in [1.54, 1.807) is 33.4 Å². The van der Waals surface area contributed by atoms with Crippen LogP contribution in [0.2, 0.25) is 37.8 Å². The summed E-state index contributed by atoms with van der Waals surface area (Å²) in [5.41, 5.74) is 10.0. The van der Waals surface area contributed by atoms with Crippen LogP contribution in [0.15, 0.2) is 24.3 Å². The van der Waals surface area contributed by atoms with Crippen LogP contribution < -0.4 is 10.4 Å². The fraction of sp³-hybridized carbons (Fsp3) is 0.692. The van der Waals surface area contributed by atoms with E-state index in [-0.39, 0.29) is 0 Å². The first kappa shape index (κ1) is 38.5. The van der Waals surface area contributed by atoms with E-state index >= 15 is 0 Å². The number of hydrogen-bond acceptors (Lipinski definition) is 0. The molecule has 0 radical (unpaired) electrons.